The first kappa shape index (κ1) is 16.8. The molecule has 0 aliphatic heterocycles. The zero-order chi connectivity index (χ0) is 13.2. The van der Waals surface area contributed by atoms with Crippen LogP contribution in [0.3, 0.4) is 0 Å². The third-order valence-electron chi connectivity index (χ3n) is 2.64. The maximum Gasteiger partial charge on any atom is 0.0718 e. The molecule has 16 heavy (non-hydrogen) atoms. The van der Waals surface area contributed by atoms with Crippen LogP contribution in [0.4, 0.5) is 0 Å². The molecule has 0 spiro atoms. The average Bonchev–Trinajstić information content (AvgIpc) is 2.00. The Labute approximate surface area is 108 Å². The summed E-state index contributed by atoms with van der Waals surface area (Å²) in [6.07, 6.45) is -1.64. The van der Waals surface area contributed by atoms with E-state index < -0.39 is 14.5 Å². The van der Waals surface area contributed by atoms with Gasteiger partial charge in [-0.05, 0) is 0 Å². The van der Waals surface area contributed by atoms with Crippen LogP contribution in [0, 0.1) is 0 Å². The van der Waals surface area contributed by atoms with Crippen LogP contribution in [0.5, 0.6) is 0 Å². The van der Waals surface area contributed by atoms with E-state index in [0.717, 1.165) is 13.1 Å². The highest BCUT2D eigenvalue weighted by atomic mass is 35.7. The highest BCUT2D eigenvalue weighted by Crippen LogP contribution is 2.66. The van der Waals surface area contributed by atoms with Gasteiger partial charge in [0.1, 0.15) is 0 Å². The van der Waals surface area contributed by atoms with Crippen molar-refractivity contribution in [2.45, 2.75) is 59.4 Å². The van der Waals surface area contributed by atoms with Crippen LogP contribution in [0.15, 0.2) is 0 Å². The summed E-state index contributed by atoms with van der Waals surface area (Å²) < 4.78 is 2.48. The van der Waals surface area contributed by atoms with E-state index in [1.165, 1.54) is 0 Å². The van der Waals surface area contributed by atoms with Crippen LogP contribution in [0.2, 0.25) is 19.6 Å². The molecule has 0 aromatic carbocycles. The fourth-order valence-corrected chi connectivity index (χ4v) is 13.1. The lowest BCUT2D eigenvalue weighted by Gasteiger charge is -2.43. The van der Waals surface area contributed by atoms with E-state index in [2.05, 4.69) is 64.3 Å². The van der Waals surface area contributed by atoms with Crippen molar-refractivity contribution in [2.24, 2.45) is 0 Å². The molecule has 0 aliphatic rings. The smallest absolute Gasteiger partial charge is 0.0718 e. The van der Waals surface area contributed by atoms with Crippen LogP contribution < -0.4 is 0 Å². The number of halogens is 1. The maximum atomic E-state index is 7.08. The van der Waals surface area contributed by atoms with Crippen molar-refractivity contribution in [3.8, 4) is 0 Å². The summed E-state index contributed by atoms with van der Waals surface area (Å²) in [7, 11) is -1.25. The molecule has 0 rings (SSSR count). The lowest BCUT2D eigenvalue weighted by atomic mass is 10.3. The third kappa shape index (κ3) is 4.22. The second kappa shape index (κ2) is 5.61. The standard InChI is InChI=1S/C12H29ClNPSi/c1-9-14(10-2)15(13,12(3,4)5)11-16(6,7)8/h11H,9-10H2,1-8H3. The molecule has 0 saturated heterocycles. The van der Waals surface area contributed by atoms with E-state index in [1.54, 1.807) is 0 Å². The predicted octanol–water partition coefficient (Wildman–Crippen LogP) is 4.89. The molecule has 0 bridgehead atoms. The Kier molecular flexibility index (Phi) is 5.87. The van der Waals surface area contributed by atoms with E-state index in [9.17, 15) is 0 Å². The van der Waals surface area contributed by atoms with Gasteiger partial charge >= 0.3 is 0 Å². The van der Waals surface area contributed by atoms with Crippen LogP contribution in [-0.4, -0.2) is 36.4 Å². The van der Waals surface area contributed by atoms with E-state index >= 15 is 0 Å². The molecule has 0 amide bonds. The Hall–Kier alpha value is 0.767. The van der Waals surface area contributed by atoms with Gasteiger partial charge in [0.25, 0.3) is 0 Å². The fourth-order valence-electron chi connectivity index (χ4n) is 1.85. The Balaban J connectivity index is 5.64. The molecule has 0 heterocycles. The van der Waals surface area contributed by atoms with Gasteiger partial charge in [0.05, 0.1) is 8.07 Å². The van der Waals surface area contributed by atoms with Gasteiger partial charge in [-0.3, -0.25) is 4.67 Å². The fraction of sp³-hybridized carbons (Fsp3) is 0.917. The highest BCUT2D eigenvalue weighted by Gasteiger charge is 2.35. The first-order valence-electron chi connectivity index (χ1n) is 6.19. The summed E-state index contributed by atoms with van der Waals surface area (Å²) in [6.45, 7) is 20.5. The predicted molar refractivity (Wildman–Crippen MR) is 84.9 cm³/mol. The molecule has 0 aliphatic carbocycles. The highest BCUT2D eigenvalue weighted by molar-refractivity contribution is 7.99. The molecular formula is C12H29ClNPSi. The summed E-state index contributed by atoms with van der Waals surface area (Å²) in [5, 5.41) is 0.168. The van der Waals surface area contributed by atoms with E-state index in [1.807, 2.05) is 0 Å². The molecule has 98 valence electrons. The zero-order valence-corrected chi connectivity index (χ0v) is 14.9. The van der Waals surface area contributed by atoms with Crippen molar-refractivity contribution in [1.29, 1.82) is 0 Å². The molecule has 0 N–H and O–H groups in total. The van der Waals surface area contributed by atoms with E-state index in [-0.39, 0.29) is 5.16 Å². The minimum atomic E-state index is -1.64. The second-order valence-corrected chi connectivity index (χ2v) is 16.8. The Bertz CT molecular complexity index is 272. The van der Waals surface area contributed by atoms with Crippen molar-refractivity contribution >= 4 is 31.1 Å². The van der Waals surface area contributed by atoms with Gasteiger partial charge in [0.2, 0.25) is 0 Å². The van der Waals surface area contributed by atoms with Crippen LogP contribution in [0.25, 0.3) is 0 Å². The van der Waals surface area contributed by atoms with Crippen molar-refractivity contribution in [1.82, 2.24) is 4.67 Å². The SMILES string of the molecule is CCN(CC)P(Cl)(=C[Si](C)(C)C)C(C)(C)C. The van der Waals surface area contributed by atoms with E-state index in [0.29, 0.717) is 0 Å². The molecule has 1 nitrogen and oxygen atoms in total. The largest absolute Gasteiger partial charge is 0.272 e. The van der Waals surface area contributed by atoms with Gasteiger partial charge in [-0.2, -0.15) is 0 Å². The minimum absolute atomic E-state index is 0.168. The molecule has 1 atom stereocenters. The van der Waals surface area contributed by atoms with Crippen molar-refractivity contribution in [3.05, 3.63) is 0 Å². The van der Waals surface area contributed by atoms with Crippen molar-refractivity contribution in [2.75, 3.05) is 13.1 Å². The molecule has 4 heteroatoms. The molecule has 0 fully saturated rings. The average molecular weight is 282 g/mol. The summed E-state index contributed by atoms with van der Waals surface area (Å²) in [6, 6.07) is 0. The first-order valence-corrected chi connectivity index (χ1v) is 12.5. The monoisotopic (exact) mass is 281 g/mol. The zero-order valence-electron chi connectivity index (χ0n) is 12.3. The van der Waals surface area contributed by atoms with Gasteiger partial charge in [-0.15, -0.1) is 0 Å². The lowest BCUT2D eigenvalue weighted by molar-refractivity contribution is 0.495. The molecule has 1 unspecified atom stereocenters. The summed E-state index contributed by atoms with van der Waals surface area (Å²) in [5.41, 5.74) is 2.54. The quantitative estimate of drug-likeness (QED) is 0.524. The first-order chi connectivity index (χ1) is 6.98. The maximum absolute atomic E-state index is 7.08. The topological polar surface area (TPSA) is 3.24 Å². The van der Waals surface area contributed by atoms with Gasteiger partial charge < -0.3 is 0 Å². The van der Waals surface area contributed by atoms with Gasteiger partial charge in [-0.1, -0.05) is 70.9 Å². The summed E-state index contributed by atoms with van der Waals surface area (Å²) in [4.78, 5) is 0. The van der Waals surface area contributed by atoms with Gasteiger partial charge in [0.15, 0.2) is 0 Å². The van der Waals surface area contributed by atoms with Crippen molar-refractivity contribution < 1.29 is 0 Å². The number of rotatable bonds is 4. The number of hydrogen-bond donors (Lipinski definition) is 0. The van der Waals surface area contributed by atoms with Crippen molar-refractivity contribution in [3.63, 3.8) is 0 Å². The lowest BCUT2D eigenvalue weighted by Crippen LogP contribution is -2.34. The Morgan fingerprint density at radius 3 is 1.69 bits per heavy atom. The Morgan fingerprint density at radius 2 is 1.50 bits per heavy atom. The number of hydrogen-bond acceptors (Lipinski definition) is 1. The van der Waals surface area contributed by atoms with Gasteiger partial charge in [0, 0.05) is 24.6 Å². The molecule has 0 saturated carbocycles. The van der Waals surface area contributed by atoms with Crippen LogP contribution >= 0.6 is 17.6 Å². The summed E-state index contributed by atoms with van der Waals surface area (Å²) >= 11 is 7.08. The van der Waals surface area contributed by atoms with Crippen LogP contribution in [-0.2, 0) is 0 Å². The molecule has 0 aromatic rings. The Morgan fingerprint density at radius 1 is 1.12 bits per heavy atom. The molecule has 0 radical (unpaired) electrons. The minimum Gasteiger partial charge on any atom is -0.272 e. The van der Waals surface area contributed by atoms with E-state index in [4.69, 9.17) is 11.2 Å². The van der Waals surface area contributed by atoms with Crippen LogP contribution in [0.1, 0.15) is 34.6 Å². The second-order valence-electron chi connectivity index (χ2n) is 6.41. The molecular weight excluding hydrogens is 253 g/mol. The molecule has 0 aromatic heterocycles. The third-order valence-corrected chi connectivity index (χ3v) is 13.4. The normalized spacial score (nSPS) is 17.4. The van der Waals surface area contributed by atoms with Gasteiger partial charge in [-0.25, -0.2) is 0 Å². The summed E-state index contributed by atoms with van der Waals surface area (Å²) in [5.74, 6) is 0. The number of nitrogens with zero attached hydrogens (tertiary/aromatic N) is 1.